The Bertz CT molecular complexity index is 520. The van der Waals surface area contributed by atoms with Crippen molar-refractivity contribution in [2.75, 3.05) is 11.9 Å². The minimum atomic E-state index is -0.483. The smallest absolute Gasteiger partial charge is 0.283 e. The van der Waals surface area contributed by atoms with Crippen LogP contribution >= 0.6 is 15.9 Å². The zero-order chi connectivity index (χ0) is 16.0. The lowest BCUT2D eigenvalue weighted by Gasteiger charge is -2.16. The van der Waals surface area contributed by atoms with E-state index in [4.69, 9.17) is 5.73 Å². The quantitative estimate of drug-likeness (QED) is 0.577. The number of nitrogens with zero attached hydrogens (tertiary/aromatic N) is 1. The van der Waals surface area contributed by atoms with Gasteiger partial charge in [-0.25, -0.2) is 0 Å². The first-order valence-electron chi connectivity index (χ1n) is 6.77. The van der Waals surface area contributed by atoms with Gasteiger partial charge >= 0.3 is 0 Å². The highest BCUT2D eigenvalue weighted by Crippen LogP contribution is 2.28. The van der Waals surface area contributed by atoms with E-state index in [1.807, 2.05) is 0 Å². The van der Waals surface area contributed by atoms with Gasteiger partial charge in [-0.1, -0.05) is 13.8 Å². The van der Waals surface area contributed by atoms with Crippen molar-refractivity contribution < 1.29 is 9.72 Å². The summed E-state index contributed by atoms with van der Waals surface area (Å²) in [5.74, 6) is 0.498. The number of benzene rings is 1. The van der Waals surface area contributed by atoms with Crippen molar-refractivity contribution in [1.29, 1.82) is 0 Å². The SMILES string of the molecule is CC(C)CC(CN)CC(=O)Nc1ccc([N+](=O)[O-])c(Br)c1. The molecule has 21 heavy (non-hydrogen) atoms. The summed E-state index contributed by atoms with van der Waals surface area (Å²) >= 11 is 3.12. The molecule has 1 aromatic rings. The maximum atomic E-state index is 12.0. The lowest BCUT2D eigenvalue weighted by molar-refractivity contribution is -0.385. The van der Waals surface area contributed by atoms with E-state index in [2.05, 4.69) is 35.1 Å². The number of carbonyl (C=O) groups excluding carboxylic acids is 1. The highest BCUT2D eigenvalue weighted by molar-refractivity contribution is 9.10. The van der Waals surface area contributed by atoms with Gasteiger partial charge in [0, 0.05) is 18.2 Å². The van der Waals surface area contributed by atoms with Crippen molar-refractivity contribution in [2.24, 2.45) is 17.6 Å². The molecule has 1 unspecified atom stereocenters. The number of carbonyl (C=O) groups is 1. The van der Waals surface area contributed by atoms with Crippen LogP contribution in [0.2, 0.25) is 0 Å². The van der Waals surface area contributed by atoms with Gasteiger partial charge in [0.15, 0.2) is 0 Å². The molecule has 0 spiro atoms. The lowest BCUT2D eigenvalue weighted by atomic mass is 9.94. The predicted octanol–water partition coefficient (Wildman–Crippen LogP) is 3.31. The molecule has 1 aromatic carbocycles. The number of nitrogens with two attached hydrogens (primary N) is 1. The summed E-state index contributed by atoms with van der Waals surface area (Å²) in [5.41, 5.74) is 6.17. The van der Waals surface area contributed by atoms with Crippen molar-refractivity contribution in [2.45, 2.75) is 26.7 Å². The number of halogens is 1. The molecule has 0 heterocycles. The highest BCUT2D eigenvalue weighted by Gasteiger charge is 2.16. The number of rotatable bonds is 7. The largest absolute Gasteiger partial charge is 0.330 e. The summed E-state index contributed by atoms with van der Waals surface area (Å²) in [4.78, 5) is 22.2. The first-order chi connectivity index (χ1) is 9.83. The summed E-state index contributed by atoms with van der Waals surface area (Å²) in [7, 11) is 0. The Labute approximate surface area is 132 Å². The zero-order valence-electron chi connectivity index (χ0n) is 12.1. The van der Waals surface area contributed by atoms with Gasteiger partial charge in [0.1, 0.15) is 0 Å². The average Bonchev–Trinajstić information content (AvgIpc) is 2.36. The standard InChI is InChI=1S/C14H20BrN3O3/c1-9(2)5-10(8-16)6-14(19)17-11-3-4-13(18(20)21)12(15)7-11/h3-4,7,9-10H,5-6,8,16H2,1-2H3,(H,17,19). The van der Waals surface area contributed by atoms with Gasteiger partial charge < -0.3 is 11.1 Å². The van der Waals surface area contributed by atoms with Crippen molar-refractivity contribution >= 4 is 33.2 Å². The van der Waals surface area contributed by atoms with Crippen molar-refractivity contribution in [3.8, 4) is 0 Å². The maximum Gasteiger partial charge on any atom is 0.283 e. The summed E-state index contributed by atoms with van der Waals surface area (Å²) in [6.45, 7) is 4.65. The van der Waals surface area contributed by atoms with E-state index >= 15 is 0 Å². The second kappa shape index (κ2) is 8.09. The summed E-state index contributed by atoms with van der Waals surface area (Å²) < 4.78 is 0.336. The van der Waals surface area contributed by atoms with Crippen LogP contribution in [0.5, 0.6) is 0 Å². The molecule has 1 atom stereocenters. The molecule has 7 heteroatoms. The molecule has 0 saturated carbocycles. The van der Waals surface area contributed by atoms with E-state index in [0.717, 1.165) is 6.42 Å². The normalized spacial score (nSPS) is 12.2. The molecular formula is C14H20BrN3O3. The number of nitro benzene ring substituents is 1. The first-order valence-corrected chi connectivity index (χ1v) is 7.56. The summed E-state index contributed by atoms with van der Waals surface area (Å²) in [5, 5.41) is 13.5. The Morgan fingerprint density at radius 3 is 2.62 bits per heavy atom. The molecule has 0 fully saturated rings. The highest BCUT2D eigenvalue weighted by atomic mass is 79.9. The number of amides is 1. The van der Waals surface area contributed by atoms with Gasteiger partial charge in [-0.15, -0.1) is 0 Å². The molecule has 116 valence electrons. The topological polar surface area (TPSA) is 98.3 Å². The second-order valence-electron chi connectivity index (χ2n) is 5.41. The zero-order valence-corrected chi connectivity index (χ0v) is 13.7. The molecule has 0 saturated heterocycles. The van der Waals surface area contributed by atoms with Gasteiger partial charge in [0.2, 0.25) is 5.91 Å². The number of nitrogens with one attached hydrogen (secondary N) is 1. The maximum absolute atomic E-state index is 12.0. The molecule has 0 radical (unpaired) electrons. The Hall–Kier alpha value is -1.47. The van der Waals surface area contributed by atoms with Crippen molar-refractivity contribution in [3.05, 3.63) is 32.8 Å². The molecule has 6 nitrogen and oxygen atoms in total. The molecule has 0 aliphatic heterocycles. The van der Waals surface area contributed by atoms with Crippen LogP contribution in [0.4, 0.5) is 11.4 Å². The van der Waals surface area contributed by atoms with Crippen LogP contribution in [0.25, 0.3) is 0 Å². The number of nitro groups is 1. The minimum absolute atomic E-state index is 0.0346. The molecule has 0 aliphatic rings. The Morgan fingerprint density at radius 2 is 2.14 bits per heavy atom. The van der Waals surface area contributed by atoms with Crippen molar-refractivity contribution in [1.82, 2.24) is 0 Å². The van der Waals surface area contributed by atoms with E-state index in [1.165, 1.54) is 18.2 Å². The Kier molecular flexibility index (Phi) is 6.77. The van der Waals surface area contributed by atoms with Crippen LogP contribution in [-0.4, -0.2) is 17.4 Å². The van der Waals surface area contributed by atoms with E-state index in [-0.39, 0.29) is 17.5 Å². The van der Waals surface area contributed by atoms with Gasteiger partial charge in [0.05, 0.1) is 9.40 Å². The monoisotopic (exact) mass is 357 g/mol. The van der Waals surface area contributed by atoms with Crippen LogP contribution in [0, 0.1) is 22.0 Å². The average molecular weight is 358 g/mol. The molecular weight excluding hydrogens is 338 g/mol. The molecule has 0 bridgehead atoms. The van der Waals surface area contributed by atoms with Gasteiger partial charge in [0.25, 0.3) is 5.69 Å². The molecule has 0 aliphatic carbocycles. The fourth-order valence-corrected chi connectivity index (χ4v) is 2.66. The van der Waals surface area contributed by atoms with Crippen LogP contribution < -0.4 is 11.1 Å². The number of anilines is 1. The molecule has 0 aromatic heterocycles. The van der Waals surface area contributed by atoms with E-state index in [0.29, 0.717) is 29.0 Å². The van der Waals surface area contributed by atoms with Gasteiger partial charge in [-0.3, -0.25) is 14.9 Å². The molecule has 1 rings (SSSR count). The Balaban J connectivity index is 2.66. The van der Waals surface area contributed by atoms with E-state index < -0.39 is 4.92 Å². The fourth-order valence-electron chi connectivity index (χ4n) is 2.14. The second-order valence-corrected chi connectivity index (χ2v) is 6.26. The lowest BCUT2D eigenvalue weighted by Crippen LogP contribution is -2.23. The Morgan fingerprint density at radius 1 is 1.48 bits per heavy atom. The third-order valence-electron chi connectivity index (χ3n) is 3.04. The fraction of sp³-hybridized carbons (Fsp3) is 0.500. The minimum Gasteiger partial charge on any atom is -0.330 e. The third kappa shape index (κ3) is 5.81. The van der Waals surface area contributed by atoms with E-state index in [1.54, 1.807) is 0 Å². The van der Waals surface area contributed by atoms with Crippen LogP contribution in [0.15, 0.2) is 22.7 Å². The van der Waals surface area contributed by atoms with Crippen LogP contribution in [0.1, 0.15) is 26.7 Å². The van der Waals surface area contributed by atoms with E-state index in [9.17, 15) is 14.9 Å². The summed E-state index contributed by atoms with van der Waals surface area (Å²) in [6.07, 6.45) is 1.25. The molecule has 1 amide bonds. The number of hydrogen-bond acceptors (Lipinski definition) is 4. The van der Waals surface area contributed by atoms with Crippen molar-refractivity contribution in [3.63, 3.8) is 0 Å². The number of hydrogen-bond donors (Lipinski definition) is 2. The molecule has 3 N–H and O–H groups in total. The first kappa shape index (κ1) is 17.6. The third-order valence-corrected chi connectivity index (χ3v) is 3.68. The summed E-state index contributed by atoms with van der Waals surface area (Å²) in [6, 6.07) is 4.39. The van der Waals surface area contributed by atoms with Gasteiger partial charge in [-0.05, 0) is 52.9 Å². The van der Waals surface area contributed by atoms with Gasteiger partial charge in [-0.2, -0.15) is 0 Å². The predicted molar refractivity (Wildman–Crippen MR) is 86.0 cm³/mol. The van der Waals surface area contributed by atoms with Crippen LogP contribution in [0.3, 0.4) is 0 Å². The van der Waals surface area contributed by atoms with Crippen LogP contribution in [-0.2, 0) is 4.79 Å².